The van der Waals surface area contributed by atoms with Gasteiger partial charge in [0.05, 0.1) is 5.60 Å². The van der Waals surface area contributed by atoms with Crippen molar-refractivity contribution in [3.63, 3.8) is 0 Å². The number of benzene rings is 1. The van der Waals surface area contributed by atoms with Crippen LogP contribution >= 0.6 is 0 Å². The van der Waals surface area contributed by atoms with Gasteiger partial charge in [0.2, 0.25) is 0 Å². The molecule has 1 nitrogen and oxygen atoms in total. The van der Waals surface area contributed by atoms with Crippen LogP contribution in [0, 0.1) is 5.82 Å². The molecule has 12 heavy (non-hydrogen) atoms. The van der Waals surface area contributed by atoms with Crippen molar-refractivity contribution in [2.24, 2.45) is 0 Å². The summed E-state index contributed by atoms with van der Waals surface area (Å²) in [5.74, 6) is -0.273. The molecular formula is C10H13FO. The van der Waals surface area contributed by atoms with Gasteiger partial charge in [-0.3, -0.25) is 0 Å². The van der Waals surface area contributed by atoms with Crippen LogP contribution in [0.25, 0.3) is 0 Å². The molecule has 0 aliphatic heterocycles. The average Bonchev–Trinajstić information content (AvgIpc) is 2.05. The molecule has 1 rings (SSSR count). The van der Waals surface area contributed by atoms with E-state index in [0.29, 0.717) is 6.42 Å². The number of rotatable bonds is 2. The van der Waals surface area contributed by atoms with E-state index >= 15 is 0 Å². The largest absolute Gasteiger partial charge is 0.385 e. The minimum atomic E-state index is -0.840. The van der Waals surface area contributed by atoms with Crippen LogP contribution in [0.1, 0.15) is 25.8 Å². The Balaban J connectivity index is 2.96. The molecule has 0 aliphatic carbocycles. The van der Waals surface area contributed by atoms with Crippen molar-refractivity contribution in [2.45, 2.75) is 25.9 Å². The Morgan fingerprint density at radius 2 is 1.83 bits per heavy atom. The van der Waals surface area contributed by atoms with E-state index in [1.807, 2.05) is 6.92 Å². The van der Waals surface area contributed by atoms with Crippen LogP contribution in [-0.2, 0) is 5.60 Å². The molecule has 1 N–H and O–H groups in total. The van der Waals surface area contributed by atoms with Gasteiger partial charge in [-0.1, -0.05) is 19.1 Å². The Labute approximate surface area is 71.9 Å². The highest BCUT2D eigenvalue weighted by Crippen LogP contribution is 2.23. The lowest BCUT2D eigenvalue weighted by Crippen LogP contribution is -2.19. The summed E-state index contributed by atoms with van der Waals surface area (Å²) in [7, 11) is 0. The summed E-state index contributed by atoms with van der Waals surface area (Å²) >= 11 is 0. The van der Waals surface area contributed by atoms with Crippen LogP contribution in [-0.4, -0.2) is 5.11 Å². The molecule has 0 radical (unpaired) electrons. The fourth-order valence-electron chi connectivity index (χ4n) is 1.01. The zero-order valence-corrected chi connectivity index (χ0v) is 7.34. The van der Waals surface area contributed by atoms with E-state index in [2.05, 4.69) is 0 Å². The normalized spacial score (nSPS) is 15.7. The van der Waals surface area contributed by atoms with E-state index in [1.165, 1.54) is 12.1 Å². The monoisotopic (exact) mass is 168 g/mol. The lowest BCUT2D eigenvalue weighted by atomic mass is 9.94. The van der Waals surface area contributed by atoms with Crippen LogP contribution in [0.5, 0.6) is 0 Å². The van der Waals surface area contributed by atoms with E-state index in [9.17, 15) is 9.50 Å². The summed E-state index contributed by atoms with van der Waals surface area (Å²) in [5.41, 5.74) is -0.0837. The van der Waals surface area contributed by atoms with Crippen molar-refractivity contribution in [2.75, 3.05) is 0 Å². The van der Waals surface area contributed by atoms with Gasteiger partial charge in [-0.05, 0) is 31.0 Å². The van der Waals surface area contributed by atoms with E-state index in [1.54, 1.807) is 19.1 Å². The van der Waals surface area contributed by atoms with Crippen LogP contribution in [0.3, 0.4) is 0 Å². The van der Waals surface area contributed by atoms with Gasteiger partial charge in [0, 0.05) is 0 Å². The van der Waals surface area contributed by atoms with Gasteiger partial charge in [0.15, 0.2) is 0 Å². The summed E-state index contributed by atoms with van der Waals surface area (Å²) in [6.07, 6.45) is 0.624. The maximum absolute atomic E-state index is 12.5. The first-order valence-corrected chi connectivity index (χ1v) is 4.04. The summed E-state index contributed by atoms with van der Waals surface area (Å²) in [4.78, 5) is 0. The summed E-state index contributed by atoms with van der Waals surface area (Å²) < 4.78 is 12.5. The molecule has 0 saturated heterocycles. The predicted molar refractivity (Wildman–Crippen MR) is 46.3 cm³/mol. The van der Waals surface area contributed by atoms with Crippen molar-refractivity contribution in [1.29, 1.82) is 0 Å². The van der Waals surface area contributed by atoms with E-state index < -0.39 is 5.60 Å². The SMILES string of the molecule is CC[C@@](C)(O)c1ccc(F)cc1. The Morgan fingerprint density at radius 1 is 1.33 bits per heavy atom. The maximum atomic E-state index is 12.5. The Morgan fingerprint density at radius 3 is 2.25 bits per heavy atom. The van der Waals surface area contributed by atoms with E-state index in [4.69, 9.17) is 0 Å². The molecule has 0 unspecified atom stereocenters. The zero-order chi connectivity index (χ0) is 9.19. The summed E-state index contributed by atoms with van der Waals surface area (Å²) in [5, 5.41) is 9.76. The predicted octanol–water partition coefficient (Wildman–Crippen LogP) is 2.44. The fraction of sp³-hybridized carbons (Fsp3) is 0.400. The van der Waals surface area contributed by atoms with Crippen LogP contribution in [0.15, 0.2) is 24.3 Å². The first-order chi connectivity index (χ1) is 5.56. The molecule has 0 fully saturated rings. The molecule has 1 atom stereocenters. The second kappa shape index (κ2) is 3.23. The number of halogens is 1. The minimum Gasteiger partial charge on any atom is -0.385 e. The summed E-state index contributed by atoms with van der Waals surface area (Å²) in [6.45, 7) is 3.61. The van der Waals surface area contributed by atoms with E-state index in [-0.39, 0.29) is 5.82 Å². The van der Waals surface area contributed by atoms with Crippen molar-refractivity contribution in [1.82, 2.24) is 0 Å². The quantitative estimate of drug-likeness (QED) is 0.719. The lowest BCUT2D eigenvalue weighted by molar-refractivity contribution is 0.0530. The molecular weight excluding hydrogens is 155 g/mol. The van der Waals surface area contributed by atoms with Crippen molar-refractivity contribution in [3.05, 3.63) is 35.6 Å². The topological polar surface area (TPSA) is 20.2 Å². The summed E-state index contributed by atoms with van der Waals surface area (Å²) in [6, 6.07) is 5.94. The van der Waals surface area contributed by atoms with Crippen LogP contribution in [0.4, 0.5) is 4.39 Å². The lowest BCUT2D eigenvalue weighted by Gasteiger charge is -2.21. The molecule has 0 aromatic heterocycles. The van der Waals surface area contributed by atoms with Crippen molar-refractivity contribution in [3.8, 4) is 0 Å². The van der Waals surface area contributed by atoms with Crippen LogP contribution in [0.2, 0.25) is 0 Å². The number of hydrogen-bond donors (Lipinski definition) is 1. The smallest absolute Gasteiger partial charge is 0.123 e. The Kier molecular flexibility index (Phi) is 2.48. The Hall–Kier alpha value is -0.890. The fourth-order valence-corrected chi connectivity index (χ4v) is 1.01. The van der Waals surface area contributed by atoms with Gasteiger partial charge in [0.1, 0.15) is 5.82 Å². The first-order valence-electron chi connectivity index (χ1n) is 4.04. The van der Waals surface area contributed by atoms with Crippen molar-refractivity contribution >= 4 is 0 Å². The van der Waals surface area contributed by atoms with Gasteiger partial charge in [-0.15, -0.1) is 0 Å². The molecule has 0 heterocycles. The number of hydrogen-bond acceptors (Lipinski definition) is 1. The highest BCUT2D eigenvalue weighted by atomic mass is 19.1. The molecule has 66 valence electrons. The minimum absolute atomic E-state index is 0.273. The zero-order valence-electron chi connectivity index (χ0n) is 7.34. The van der Waals surface area contributed by atoms with Gasteiger partial charge >= 0.3 is 0 Å². The number of aliphatic hydroxyl groups is 1. The highest BCUT2D eigenvalue weighted by Gasteiger charge is 2.19. The molecule has 2 heteroatoms. The van der Waals surface area contributed by atoms with E-state index in [0.717, 1.165) is 5.56 Å². The molecule has 1 aromatic rings. The standard InChI is InChI=1S/C10H13FO/c1-3-10(2,12)8-4-6-9(11)7-5-8/h4-7,12H,3H2,1-2H3/t10-/m1/s1. The third-order valence-corrected chi connectivity index (χ3v) is 2.15. The second-order valence-electron chi connectivity index (χ2n) is 3.13. The maximum Gasteiger partial charge on any atom is 0.123 e. The Bertz CT molecular complexity index is 251. The molecule has 0 spiro atoms. The molecule has 0 bridgehead atoms. The third-order valence-electron chi connectivity index (χ3n) is 2.15. The molecule has 0 amide bonds. The second-order valence-corrected chi connectivity index (χ2v) is 3.13. The van der Waals surface area contributed by atoms with Crippen LogP contribution < -0.4 is 0 Å². The molecule has 1 aromatic carbocycles. The van der Waals surface area contributed by atoms with Gasteiger partial charge in [-0.25, -0.2) is 4.39 Å². The molecule has 0 saturated carbocycles. The van der Waals surface area contributed by atoms with Gasteiger partial charge < -0.3 is 5.11 Å². The third kappa shape index (κ3) is 1.83. The average molecular weight is 168 g/mol. The van der Waals surface area contributed by atoms with Crippen molar-refractivity contribution < 1.29 is 9.50 Å². The highest BCUT2D eigenvalue weighted by molar-refractivity contribution is 5.21. The first kappa shape index (κ1) is 9.20. The van der Waals surface area contributed by atoms with Gasteiger partial charge in [-0.2, -0.15) is 0 Å². The molecule has 0 aliphatic rings. The van der Waals surface area contributed by atoms with Gasteiger partial charge in [0.25, 0.3) is 0 Å².